The van der Waals surface area contributed by atoms with Crippen molar-refractivity contribution in [2.24, 2.45) is 0 Å². The Balaban J connectivity index is 2.09. The van der Waals surface area contributed by atoms with Gasteiger partial charge in [-0.15, -0.1) is 0 Å². The number of furan rings is 1. The van der Waals surface area contributed by atoms with Crippen LogP contribution >= 0.6 is 0 Å². The molecule has 0 bridgehead atoms. The molecule has 0 atom stereocenters. The molecule has 3 rings (SSSR count). The van der Waals surface area contributed by atoms with Gasteiger partial charge < -0.3 is 9.52 Å². The number of carboxylic acid groups (broad SMARTS) is 1. The van der Waals surface area contributed by atoms with Crippen LogP contribution in [0.5, 0.6) is 0 Å². The van der Waals surface area contributed by atoms with Gasteiger partial charge in [-0.1, -0.05) is 6.07 Å². The molecule has 0 saturated heterocycles. The van der Waals surface area contributed by atoms with Gasteiger partial charge in [-0.2, -0.15) is 0 Å². The van der Waals surface area contributed by atoms with Crippen LogP contribution in [0.15, 0.2) is 46.9 Å². The van der Waals surface area contributed by atoms with E-state index in [0.717, 1.165) is 22.2 Å². The minimum absolute atomic E-state index is 0.0582. The summed E-state index contributed by atoms with van der Waals surface area (Å²) in [6.45, 7) is 1.94. The van der Waals surface area contributed by atoms with E-state index < -0.39 is 5.97 Å². The second-order valence-corrected chi connectivity index (χ2v) is 4.33. The average molecular weight is 253 g/mol. The van der Waals surface area contributed by atoms with Crippen molar-refractivity contribution in [1.29, 1.82) is 0 Å². The van der Waals surface area contributed by atoms with E-state index in [1.54, 1.807) is 6.07 Å². The fourth-order valence-electron chi connectivity index (χ4n) is 1.99. The number of nitrogens with zero attached hydrogens (tertiary/aromatic N) is 1. The molecule has 1 aromatic carbocycles. The molecule has 0 radical (unpaired) electrons. The minimum atomic E-state index is -1.07. The fourth-order valence-corrected chi connectivity index (χ4v) is 1.99. The predicted molar refractivity (Wildman–Crippen MR) is 71.1 cm³/mol. The van der Waals surface area contributed by atoms with Crippen LogP contribution in [0.4, 0.5) is 0 Å². The molecule has 0 aliphatic carbocycles. The zero-order valence-corrected chi connectivity index (χ0v) is 10.3. The molecule has 0 saturated carbocycles. The zero-order valence-electron chi connectivity index (χ0n) is 10.3. The highest BCUT2D eigenvalue weighted by molar-refractivity contribution is 5.86. The molecule has 94 valence electrons. The first-order valence-corrected chi connectivity index (χ1v) is 5.84. The third kappa shape index (κ3) is 2.08. The number of hydrogen-bond donors (Lipinski definition) is 1. The van der Waals surface area contributed by atoms with Gasteiger partial charge in [-0.3, -0.25) is 4.98 Å². The molecule has 0 aliphatic rings. The Morgan fingerprint density at radius 2 is 2.00 bits per heavy atom. The van der Waals surface area contributed by atoms with Crippen LogP contribution in [0.1, 0.15) is 16.2 Å². The summed E-state index contributed by atoms with van der Waals surface area (Å²) < 4.78 is 5.28. The Kier molecular flexibility index (Phi) is 2.56. The highest BCUT2D eigenvalue weighted by atomic mass is 16.4. The van der Waals surface area contributed by atoms with Crippen molar-refractivity contribution in [3.63, 3.8) is 0 Å². The normalized spacial score (nSPS) is 10.8. The van der Waals surface area contributed by atoms with Gasteiger partial charge in [0.05, 0.1) is 5.52 Å². The Morgan fingerprint density at radius 1 is 1.16 bits per heavy atom. The summed E-state index contributed by atoms with van der Waals surface area (Å²) in [5.41, 5.74) is 2.71. The van der Waals surface area contributed by atoms with Crippen molar-refractivity contribution in [3.8, 4) is 11.3 Å². The van der Waals surface area contributed by atoms with Crippen LogP contribution in [-0.4, -0.2) is 16.1 Å². The molecule has 19 heavy (non-hydrogen) atoms. The Hall–Kier alpha value is -2.62. The van der Waals surface area contributed by atoms with Gasteiger partial charge >= 0.3 is 5.97 Å². The lowest BCUT2D eigenvalue weighted by Gasteiger charge is -2.01. The number of benzene rings is 1. The smallest absolute Gasteiger partial charge is 0.371 e. The number of hydrogen-bond acceptors (Lipinski definition) is 3. The van der Waals surface area contributed by atoms with Crippen molar-refractivity contribution in [3.05, 3.63) is 53.9 Å². The molecule has 2 aromatic heterocycles. The van der Waals surface area contributed by atoms with Crippen LogP contribution in [0, 0.1) is 6.92 Å². The molecule has 4 nitrogen and oxygen atoms in total. The van der Waals surface area contributed by atoms with Gasteiger partial charge in [0.2, 0.25) is 5.76 Å². The van der Waals surface area contributed by atoms with Gasteiger partial charge in [-0.25, -0.2) is 4.79 Å². The van der Waals surface area contributed by atoms with Crippen LogP contribution in [0.25, 0.3) is 22.2 Å². The zero-order chi connectivity index (χ0) is 13.4. The van der Waals surface area contributed by atoms with E-state index in [0.29, 0.717) is 5.76 Å². The lowest BCUT2D eigenvalue weighted by molar-refractivity contribution is 0.0663. The van der Waals surface area contributed by atoms with E-state index in [-0.39, 0.29) is 5.76 Å². The van der Waals surface area contributed by atoms with Crippen molar-refractivity contribution >= 4 is 16.9 Å². The number of pyridine rings is 1. The Labute approximate surface area is 109 Å². The van der Waals surface area contributed by atoms with Crippen molar-refractivity contribution in [1.82, 2.24) is 4.98 Å². The molecule has 4 heteroatoms. The summed E-state index contributed by atoms with van der Waals surface area (Å²) in [5.74, 6) is -0.582. The first-order chi connectivity index (χ1) is 9.13. The quantitative estimate of drug-likeness (QED) is 0.759. The lowest BCUT2D eigenvalue weighted by Crippen LogP contribution is -1.91. The van der Waals surface area contributed by atoms with Crippen LogP contribution in [0.2, 0.25) is 0 Å². The molecule has 3 aromatic rings. The summed E-state index contributed by atoms with van der Waals surface area (Å²) in [6, 6.07) is 12.8. The second-order valence-electron chi connectivity index (χ2n) is 4.33. The molecule has 0 fully saturated rings. The Morgan fingerprint density at radius 3 is 2.74 bits per heavy atom. The summed E-state index contributed by atoms with van der Waals surface area (Å²) >= 11 is 0. The number of aromatic carboxylic acids is 1. The standard InChI is InChI=1S/C15H11NO3/c1-9-2-3-10-8-11(4-5-12(10)16-9)13-6-7-14(19-13)15(17)18/h2-8H,1H3,(H,17,18). The van der Waals surface area contributed by atoms with Gasteiger partial charge in [0.15, 0.2) is 0 Å². The third-order valence-electron chi connectivity index (χ3n) is 2.93. The maximum Gasteiger partial charge on any atom is 0.371 e. The number of carboxylic acids is 1. The first-order valence-electron chi connectivity index (χ1n) is 5.84. The van der Waals surface area contributed by atoms with E-state index in [4.69, 9.17) is 9.52 Å². The van der Waals surface area contributed by atoms with E-state index in [9.17, 15) is 4.79 Å². The number of aromatic nitrogens is 1. The second kappa shape index (κ2) is 4.24. The predicted octanol–water partition coefficient (Wildman–Crippen LogP) is 3.50. The van der Waals surface area contributed by atoms with E-state index >= 15 is 0 Å². The maximum atomic E-state index is 10.8. The Bertz CT molecular complexity index is 774. The SMILES string of the molecule is Cc1ccc2cc(-c3ccc(C(=O)O)o3)ccc2n1. The van der Waals surface area contributed by atoms with E-state index in [1.807, 2.05) is 37.3 Å². The molecule has 1 N–H and O–H groups in total. The lowest BCUT2D eigenvalue weighted by atomic mass is 10.1. The molecule has 0 aliphatic heterocycles. The number of aryl methyl sites for hydroxylation is 1. The van der Waals surface area contributed by atoms with Crippen LogP contribution in [0.3, 0.4) is 0 Å². The molecule has 0 amide bonds. The van der Waals surface area contributed by atoms with Crippen molar-refractivity contribution in [2.75, 3.05) is 0 Å². The van der Waals surface area contributed by atoms with Gasteiger partial charge in [0.1, 0.15) is 5.76 Å². The van der Waals surface area contributed by atoms with Gasteiger partial charge in [-0.05, 0) is 43.3 Å². The molecular weight excluding hydrogens is 242 g/mol. The highest BCUT2D eigenvalue weighted by Gasteiger charge is 2.10. The summed E-state index contributed by atoms with van der Waals surface area (Å²) in [4.78, 5) is 15.2. The summed E-state index contributed by atoms with van der Waals surface area (Å²) in [5, 5.41) is 9.84. The molecule has 2 heterocycles. The molecule has 0 unspecified atom stereocenters. The monoisotopic (exact) mass is 253 g/mol. The van der Waals surface area contributed by atoms with E-state index in [1.165, 1.54) is 6.07 Å². The minimum Gasteiger partial charge on any atom is -0.475 e. The van der Waals surface area contributed by atoms with Gasteiger partial charge in [0, 0.05) is 16.6 Å². The van der Waals surface area contributed by atoms with Crippen molar-refractivity contribution < 1.29 is 14.3 Å². The fraction of sp³-hybridized carbons (Fsp3) is 0.0667. The van der Waals surface area contributed by atoms with Crippen LogP contribution < -0.4 is 0 Å². The van der Waals surface area contributed by atoms with Crippen LogP contribution in [-0.2, 0) is 0 Å². The maximum absolute atomic E-state index is 10.8. The number of rotatable bonds is 2. The summed E-state index contributed by atoms with van der Waals surface area (Å²) in [7, 11) is 0. The average Bonchev–Trinajstić information content (AvgIpc) is 2.88. The topological polar surface area (TPSA) is 63.3 Å². The highest BCUT2D eigenvalue weighted by Crippen LogP contribution is 2.25. The van der Waals surface area contributed by atoms with Crippen molar-refractivity contribution in [2.45, 2.75) is 6.92 Å². The third-order valence-corrected chi connectivity index (χ3v) is 2.93. The molecule has 0 spiro atoms. The molecular formula is C15H11NO3. The number of fused-ring (bicyclic) bond motifs is 1. The van der Waals surface area contributed by atoms with E-state index in [2.05, 4.69) is 4.98 Å². The summed E-state index contributed by atoms with van der Waals surface area (Å²) in [6.07, 6.45) is 0. The largest absolute Gasteiger partial charge is 0.475 e. The number of carbonyl (C=O) groups is 1. The van der Waals surface area contributed by atoms with Gasteiger partial charge in [0.25, 0.3) is 0 Å². The first kappa shape index (κ1) is 11.5.